The predicted octanol–water partition coefficient (Wildman–Crippen LogP) is 2.14. The number of amides is 1. The number of carbonyl (C=O) groups is 1. The lowest BCUT2D eigenvalue weighted by atomic mass is 10.1. The predicted molar refractivity (Wildman–Crippen MR) is 108 cm³/mol. The number of anilines is 1. The highest BCUT2D eigenvalue weighted by atomic mass is 16.2. The second-order valence-corrected chi connectivity index (χ2v) is 7.60. The molecule has 1 unspecified atom stereocenters. The molecule has 2 saturated heterocycles. The molecule has 1 amide bonds. The number of nitrogens with zero attached hydrogens (tertiary/aromatic N) is 4. The van der Waals surface area contributed by atoms with E-state index in [0.717, 1.165) is 65.3 Å². The minimum absolute atomic E-state index is 0.344. The summed E-state index contributed by atoms with van der Waals surface area (Å²) >= 11 is 0. The summed E-state index contributed by atoms with van der Waals surface area (Å²) in [6.07, 6.45) is 1.67. The molecule has 0 N–H and O–H groups in total. The van der Waals surface area contributed by atoms with Gasteiger partial charge in [0.15, 0.2) is 0 Å². The van der Waals surface area contributed by atoms with Crippen molar-refractivity contribution >= 4 is 11.6 Å². The second-order valence-electron chi connectivity index (χ2n) is 7.60. The third kappa shape index (κ3) is 4.98. The highest BCUT2D eigenvalue weighted by molar-refractivity contribution is 5.76. The Kier molecular flexibility index (Phi) is 6.92. The van der Waals surface area contributed by atoms with Crippen LogP contribution in [-0.4, -0.2) is 85.6 Å². The first-order valence-corrected chi connectivity index (χ1v) is 10.2. The smallest absolute Gasteiger partial charge is 0.222 e. The van der Waals surface area contributed by atoms with Crippen LogP contribution in [-0.2, 0) is 4.79 Å². The first-order chi connectivity index (χ1) is 12.7. The van der Waals surface area contributed by atoms with E-state index < -0.39 is 0 Å². The molecule has 26 heavy (non-hydrogen) atoms. The number of hydrogen-bond donors (Lipinski definition) is 0. The van der Waals surface area contributed by atoms with Gasteiger partial charge in [0, 0.05) is 64.0 Å². The molecular formula is C21H34N4O. The summed E-state index contributed by atoms with van der Waals surface area (Å²) in [5, 5.41) is 0. The molecule has 0 aliphatic carbocycles. The summed E-state index contributed by atoms with van der Waals surface area (Å²) < 4.78 is 0. The van der Waals surface area contributed by atoms with Crippen molar-refractivity contribution < 1.29 is 4.79 Å². The minimum Gasteiger partial charge on any atom is -0.369 e. The summed E-state index contributed by atoms with van der Waals surface area (Å²) in [7, 11) is 0. The van der Waals surface area contributed by atoms with E-state index in [-0.39, 0.29) is 0 Å². The molecular weight excluding hydrogens is 324 g/mol. The standard InChI is InChI=1S/C21H34N4O/c1-3-22-14-17-25(19(2)18-22)21(26)10-7-11-23-12-15-24(16-13-23)20-8-5-4-6-9-20/h4-6,8-9,19H,3,7,10-18H2,1-2H3. The third-order valence-electron chi connectivity index (χ3n) is 5.84. The van der Waals surface area contributed by atoms with Gasteiger partial charge in [0.25, 0.3) is 0 Å². The van der Waals surface area contributed by atoms with Gasteiger partial charge in [-0.25, -0.2) is 0 Å². The second kappa shape index (κ2) is 9.38. The van der Waals surface area contributed by atoms with E-state index >= 15 is 0 Å². The van der Waals surface area contributed by atoms with E-state index in [1.54, 1.807) is 0 Å². The third-order valence-corrected chi connectivity index (χ3v) is 5.84. The quantitative estimate of drug-likeness (QED) is 0.779. The van der Waals surface area contributed by atoms with Crippen molar-refractivity contribution in [3.63, 3.8) is 0 Å². The minimum atomic E-state index is 0.344. The molecule has 0 bridgehead atoms. The molecule has 0 radical (unpaired) electrons. The molecule has 2 heterocycles. The lowest BCUT2D eigenvalue weighted by Crippen LogP contribution is -2.53. The van der Waals surface area contributed by atoms with Gasteiger partial charge in [-0.15, -0.1) is 0 Å². The van der Waals surface area contributed by atoms with Crippen LogP contribution in [0.4, 0.5) is 5.69 Å². The molecule has 0 aromatic heterocycles. The van der Waals surface area contributed by atoms with Gasteiger partial charge in [0.2, 0.25) is 5.91 Å². The SMILES string of the molecule is CCN1CCN(C(=O)CCCN2CCN(c3ccccc3)CC2)C(C)C1. The molecule has 2 fully saturated rings. The Bertz CT molecular complexity index is 556. The van der Waals surface area contributed by atoms with Crippen LogP contribution in [0.15, 0.2) is 30.3 Å². The molecule has 2 aliphatic rings. The Labute approximate surface area is 158 Å². The topological polar surface area (TPSA) is 30.0 Å². The van der Waals surface area contributed by atoms with Gasteiger partial charge in [0.05, 0.1) is 0 Å². The zero-order chi connectivity index (χ0) is 18.4. The van der Waals surface area contributed by atoms with Gasteiger partial charge in [-0.05, 0) is 38.6 Å². The Balaban J connectivity index is 1.35. The van der Waals surface area contributed by atoms with Crippen molar-refractivity contribution in [1.29, 1.82) is 0 Å². The van der Waals surface area contributed by atoms with E-state index in [1.807, 2.05) is 0 Å². The number of para-hydroxylation sites is 1. The number of benzene rings is 1. The van der Waals surface area contributed by atoms with Crippen molar-refractivity contribution in [3.8, 4) is 0 Å². The molecule has 1 aromatic carbocycles. The lowest BCUT2D eigenvalue weighted by Gasteiger charge is -2.40. The highest BCUT2D eigenvalue weighted by Crippen LogP contribution is 2.16. The van der Waals surface area contributed by atoms with Gasteiger partial charge >= 0.3 is 0 Å². The Morgan fingerprint density at radius 3 is 2.35 bits per heavy atom. The zero-order valence-electron chi connectivity index (χ0n) is 16.4. The van der Waals surface area contributed by atoms with E-state index in [1.165, 1.54) is 5.69 Å². The van der Waals surface area contributed by atoms with Crippen LogP contribution < -0.4 is 4.90 Å². The zero-order valence-corrected chi connectivity index (χ0v) is 16.4. The van der Waals surface area contributed by atoms with Crippen LogP contribution in [0, 0.1) is 0 Å². The molecule has 144 valence electrons. The normalized spacial score (nSPS) is 22.6. The largest absolute Gasteiger partial charge is 0.369 e. The summed E-state index contributed by atoms with van der Waals surface area (Å²) in [5.41, 5.74) is 1.32. The first-order valence-electron chi connectivity index (χ1n) is 10.2. The van der Waals surface area contributed by atoms with Crippen LogP contribution in [0.2, 0.25) is 0 Å². The molecule has 2 aliphatic heterocycles. The lowest BCUT2D eigenvalue weighted by molar-refractivity contribution is -0.135. The molecule has 1 atom stereocenters. The van der Waals surface area contributed by atoms with Crippen molar-refractivity contribution in [2.45, 2.75) is 32.7 Å². The number of carbonyl (C=O) groups excluding carboxylic acids is 1. The van der Waals surface area contributed by atoms with E-state index in [9.17, 15) is 4.79 Å². The van der Waals surface area contributed by atoms with Gasteiger partial charge in [-0.2, -0.15) is 0 Å². The van der Waals surface area contributed by atoms with Crippen molar-refractivity contribution in [1.82, 2.24) is 14.7 Å². The number of hydrogen-bond acceptors (Lipinski definition) is 4. The Morgan fingerprint density at radius 2 is 1.69 bits per heavy atom. The average molecular weight is 359 g/mol. The van der Waals surface area contributed by atoms with E-state index in [4.69, 9.17) is 0 Å². The number of likely N-dealkylation sites (N-methyl/N-ethyl adjacent to an activating group) is 1. The fourth-order valence-corrected chi connectivity index (χ4v) is 4.16. The molecule has 3 rings (SSSR count). The maximum Gasteiger partial charge on any atom is 0.222 e. The van der Waals surface area contributed by atoms with Crippen LogP contribution in [0.5, 0.6) is 0 Å². The average Bonchev–Trinajstić information content (AvgIpc) is 2.69. The maximum absolute atomic E-state index is 12.6. The van der Waals surface area contributed by atoms with Crippen molar-refractivity contribution in [2.75, 3.05) is 63.8 Å². The molecule has 0 spiro atoms. The fraction of sp³-hybridized carbons (Fsp3) is 0.667. The fourth-order valence-electron chi connectivity index (χ4n) is 4.16. The van der Waals surface area contributed by atoms with Gasteiger partial charge < -0.3 is 9.80 Å². The van der Waals surface area contributed by atoms with Crippen LogP contribution in [0.1, 0.15) is 26.7 Å². The maximum atomic E-state index is 12.6. The first kappa shape index (κ1) is 19.2. The Hall–Kier alpha value is -1.59. The van der Waals surface area contributed by atoms with Crippen LogP contribution in [0.3, 0.4) is 0 Å². The van der Waals surface area contributed by atoms with Gasteiger partial charge in [0.1, 0.15) is 0 Å². The van der Waals surface area contributed by atoms with E-state index in [2.05, 4.69) is 63.8 Å². The molecule has 0 saturated carbocycles. The number of piperazine rings is 2. The van der Waals surface area contributed by atoms with Crippen molar-refractivity contribution in [3.05, 3.63) is 30.3 Å². The van der Waals surface area contributed by atoms with E-state index in [0.29, 0.717) is 18.4 Å². The van der Waals surface area contributed by atoms with Gasteiger partial charge in [-0.3, -0.25) is 14.6 Å². The molecule has 1 aromatic rings. The van der Waals surface area contributed by atoms with Crippen molar-refractivity contribution in [2.24, 2.45) is 0 Å². The highest BCUT2D eigenvalue weighted by Gasteiger charge is 2.26. The summed E-state index contributed by atoms with van der Waals surface area (Å²) in [4.78, 5) is 22.1. The molecule has 5 nitrogen and oxygen atoms in total. The van der Waals surface area contributed by atoms with Gasteiger partial charge in [-0.1, -0.05) is 25.1 Å². The Morgan fingerprint density at radius 1 is 1.00 bits per heavy atom. The summed E-state index contributed by atoms with van der Waals surface area (Å²) in [6.45, 7) is 13.8. The summed E-state index contributed by atoms with van der Waals surface area (Å²) in [6, 6.07) is 11.0. The van der Waals surface area contributed by atoms with Crippen LogP contribution >= 0.6 is 0 Å². The monoisotopic (exact) mass is 358 g/mol. The molecule has 5 heteroatoms. The number of rotatable bonds is 6. The van der Waals surface area contributed by atoms with Crippen LogP contribution in [0.25, 0.3) is 0 Å². The summed E-state index contributed by atoms with van der Waals surface area (Å²) in [5.74, 6) is 0.344.